The molecule has 112 valence electrons. The minimum absolute atomic E-state index is 0.592. The van der Waals surface area contributed by atoms with Crippen LogP contribution in [-0.2, 0) is 0 Å². The standard InChI is InChI=1S/C17H21NO3/c1-4-20-16-9-7-13(11-17(16)21-5-2)12-6-8-15(19-3)14(18)10-12/h6-11H,4-5,18H2,1-3H3. The fourth-order valence-corrected chi connectivity index (χ4v) is 2.14. The van der Waals surface area contributed by atoms with Crippen molar-refractivity contribution in [3.8, 4) is 28.4 Å². The van der Waals surface area contributed by atoms with Crippen LogP contribution in [0.3, 0.4) is 0 Å². The van der Waals surface area contributed by atoms with Gasteiger partial charge in [-0.05, 0) is 49.2 Å². The molecule has 0 spiro atoms. The molecule has 0 atom stereocenters. The molecule has 4 heteroatoms. The maximum absolute atomic E-state index is 5.96. The summed E-state index contributed by atoms with van der Waals surface area (Å²) in [6, 6.07) is 11.6. The van der Waals surface area contributed by atoms with Crippen molar-refractivity contribution < 1.29 is 14.2 Å². The van der Waals surface area contributed by atoms with Crippen molar-refractivity contribution in [2.24, 2.45) is 0 Å². The molecule has 0 fully saturated rings. The molecule has 2 N–H and O–H groups in total. The van der Waals surface area contributed by atoms with Crippen LogP contribution in [0.1, 0.15) is 13.8 Å². The van der Waals surface area contributed by atoms with E-state index in [0.717, 1.165) is 22.6 Å². The number of hydrogen-bond donors (Lipinski definition) is 1. The molecule has 21 heavy (non-hydrogen) atoms. The van der Waals surface area contributed by atoms with Gasteiger partial charge in [-0.3, -0.25) is 0 Å². The summed E-state index contributed by atoms with van der Waals surface area (Å²) in [4.78, 5) is 0. The number of nitrogen functional groups attached to an aromatic ring is 1. The first kappa shape index (κ1) is 15.0. The largest absolute Gasteiger partial charge is 0.495 e. The Kier molecular flexibility index (Phi) is 4.93. The van der Waals surface area contributed by atoms with Crippen molar-refractivity contribution in [1.29, 1.82) is 0 Å². The van der Waals surface area contributed by atoms with E-state index in [1.807, 2.05) is 50.2 Å². The van der Waals surface area contributed by atoms with Crippen molar-refractivity contribution >= 4 is 5.69 Å². The molecule has 0 heterocycles. The van der Waals surface area contributed by atoms with Gasteiger partial charge in [-0.15, -0.1) is 0 Å². The van der Waals surface area contributed by atoms with Crippen LogP contribution in [0.15, 0.2) is 36.4 Å². The van der Waals surface area contributed by atoms with Gasteiger partial charge in [0.15, 0.2) is 11.5 Å². The van der Waals surface area contributed by atoms with Gasteiger partial charge in [0, 0.05) is 0 Å². The van der Waals surface area contributed by atoms with Gasteiger partial charge in [0.1, 0.15) is 5.75 Å². The summed E-state index contributed by atoms with van der Waals surface area (Å²) in [5.74, 6) is 2.17. The van der Waals surface area contributed by atoms with E-state index in [0.29, 0.717) is 24.7 Å². The van der Waals surface area contributed by atoms with E-state index in [2.05, 4.69) is 0 Å². The third-order valence-electron chi connectivity index (χ3n) is 3.11. The first-order valence-corrected chi connectivity index (χ1v) is 7.03. The van der Waals surface area contributed by atoms with Crippen LogP contribution in [-0.4, -0.2) is 20.3 Å². The average Bonchev–Trinajstić information content (AvgIpc) is 2.49. The van der Waals surface area contributed by atoms with E-state index in [1.54, 1.807) is 7.11 Å². The zero-order valence-electron chi connectivity index (χ0n) is 12.7. The Labute approximate surface area is 125 Å². The Morgan fingerprint density at radius 2 is 1.38 bits per heavy atom. The molecule has 0 aliphatic rings. The van der Waals surface area contributed by atoms with Crippen LogP contribution in [0.4, 0.5) is 5.69 Å². The Bertz CT molecular complexity index is 611. The Hall–Kier alpha value is -2.36. The number of methoxy groups -OCH3 is 1. The third kappa shape index (κ3) is 3.40. The second kappa shape index (κ2) is 6.88. The highest BCUT2D eigenvalue weighted by atomic mass is 16.5. The molecule has 2 aromatic carbocycles. The fraction of sp³-hybridized carbons (Fsp3) is 0.294. The Morgan fingerprint density at radius 3 is 1.95 bits per heavy atom. The van der Waals surface area contributed by atoms with Crippen molar-refractivity contribution in [2.75, 3.05) is 26.1 Å². The molecule has 0 radical (unpaired) electrons. The molecule has 0 aliphatic heterocycles. The summed E-state index contributed by atoms with van der Waals surface area (Å²) >= 11 is 0. The highest BCUT2D eigenvalue weighted by Crippen LogP contribution is 2.35. The molecule has 2 aromatic rings. The second-order valence-electron chi connectivity index (χ2n) is 4.48. The Morgan fingerprint density at radius 1 is 0.810 bits per heavy atom. The predicted octanol–water partition coefficient (Wildman–Crippen LogP) is 3.74. The molecule has 0 unspecified atom stereocenters. The molecule has 0 aliphatic carbocycles. The maximum Gasteiger partial charge on any atom is 0.161 e. The lowest BCUT2D eigenvalue weighted by atomic mass is 10.0. The van der Waals surface area contributed by atoms with Gasteiger partial charge in [0.2, 0.25) is 0 Å². The molecule has 4 nitrogen and oxygen atoms in total. The fourth-order valence-electron chi connectivity index (χ4n) is 2.14. The highest BCUT2D eigenvalue weighted by Gasteiger charge is 2.09. The highest BCUT2D eigenvalue weighted by molar-refractivity contribution is 5.72. The van der Waals surface area contributed by atoms with Gasteiger partial charge in [0.25, 0.3) is 0 Å². The van der Waals surface area contributed by atoms with E-state index >= 15 is 0 Å². The molecular formula is C17H21NO3. The van der Waals surface area contributed by atoms with Crippen molar-refractivity contribution in [2.45, 2.75) is 13.8 Å². The number of nitrogens with two attached hydrogens (primary N) is 1. The van der Waals surface area contributed by atoms with E-state index < -0.39 is 0 Å². The van der Waals surface area contributed by atoms with Crippen molar-refractivity contribution in [3.05, 3.63) is 36.4 Å². The third-order valence-corrected chi connectivity index (χ3v) is 3.11. The summed E-state index contributed by atoms with van der Waals surface area (Å²) in [6.07, 6.45) is 0. The lowest BCUT2D eigenvalue weighted by molar-refractivity contribution is 0.288. The van der Waals surface area contributed by atoms with Crippen LogP contribution < -0.4 is 19.9 Å². The number of anilines is 1. The number of benzene rings is 2. The summed E-state index contributed by atoms with van der Waals surface area (Å²) in [6.45, 7) is 5.10. The van der Waals surface area contributed by atoms with Crippen LogP contribution in [0.25, 0.3) is 11.1 Å². The van der Waals surface area contributed by atoms with Gasteiger partial charge in [-0.25, -0.2) is 0 Å². The minimum Gasteiger partial charge on any atom is -0.495 e. The molecule has 0 bridgehead atoms. The lowest BCUT2D eigenvalue weighted by Crippen LogP contribution is -1.98. The van der Waals surface area contributed by atoms with Gasteiger partial charge in [0.05, 0.1) is 26.0 Å². The monoisotopic (exact) mass is 287 g/mol. The average molecular weight is 287 g/mol. The Balaban J connectivity index is 2.39. The molecule has 0 aromatic heterocycles. The number of hydrogen-bond acceptors (Lipinski definition) is 4. The lowest BCUT2D eigenvalue weighted by Gasteiger charge is -2.13. The van der Waals surface area contributed by atoms with E-state index in [4.69, 9.17) is 19.9 Å². The van der Waals surface area contributed by atoms with Crippen LogP contribution in [0.2, 0.25) is 0 Å². The van der Waals surface area contributed by atoms with Gasteiger partial charge >= 0.3 is 0 Å². The van der Waals surface area contributed by atoms with Crippen molar-refractivity contribution in [1.82, 2.24) is 0 Å². The van der Waals surface area contributed by atoms with Crippen LogP contribution >= 0.6 is 0 Å². The van der Waals surface area contributed by atoms with Crippen LogP contribution in [0.5, 0.6) is 17.2 Å². The summed E-state index contributed by atoms with van der Waals surface area (Å²) in [5.41, 5.74) is 8.61. The van der Waals surface area contributed by atoms with E-state index in [9.17, 15) is 0 Å². The van der Waals surface area contributed by atoms with Gasteiger partial charge < -0.3 is 19.9 Å². The molecule has 2 rings (SSSR count). The van der Waals surface area contributed by atoms with E-state index in [1.165, 1.54) is 0 Å². The predicted molar refractivity (Wildman–Crippen MR) is 85.2 cm³/mol. The van der Waals surface area contributed by atoms with Gasteiger partial charge in [-0.1, -0.05) is 12.1 Å². The van der Waals surface area contributed by atoms with Crippen molar-refractivity contribution in [3.63, 3.8) is 0 Å². The second-order valence-corrected chi connectivity index (χ2v) is 4.48. The first-order valence-electron chi connectivity index (χ1n) is 7.03. The van der Waals surface area contributed by atoms with Gasteiger partial charge in [-0.2, -0.15) is 0 Å². The summed E-state index contributed by atoms with van der Waals surface area (Å²) in [7, 11) is 1.61. The first-order chi connectivity index (χ1) is 10.2. The quantitative estimate of drug-likeness (QED) is 0.822. The smallest absolute Gasteiger partial charge is 0.161 e. The molecule has 0 amide bonds. The summed E-state index contributed by atoms with van der Waals surface area (Å²) in [5, 5.41) is 0. The SMILES string of the molecule is CCOc1ccc(-c2ccc(OC)c(N)c2)cc1OCC. The van der Waals surface area contributed by atoms with Crippen LogP contribution in [0, 0.1) is 0 Å². The minimum atomic E-state index is 0.592. The van der Waals surface area contributed by atoms with E-state index in [-0.39, 0.29) is 0 Å². The maximum atomic E-state index is 5.96. The molecule has 0 saturated carbocycles. The summed E-state index contributed by atoms with van der Waals surface area (Å²) < 4.78 is 16.4. The topological polar surface area (TPSA) is 53.7 Å². The molecule has 0 saturated heterocycles. The number of ether oxygens (including phenoxy) is 3. The normalized spacial score (nSPS) is 10.2. The number of rotatable bonds is 6. The zero-order valence-corrected chi connectivity index (χ0v) is 12.7. The molecular weight excluding hydrogens is 266 g/mol. The zero-order chi connectivity index (χ0) is 15.2.